The number of likely N-dealkylation sites (tertiary alicyclic amines) is 1. The van der Waals surface area contributed by atoms with Gasteiger partial charge in [-0.25, -0.2) is 0 Å². The maximum atomic E-state index is 12.1. The zero-order valence-electron chi connectivity index (χ0n) is 20.5. The summed E-state index contributed by atoms with van der Waals surface area (Å²) in [5.41, 5.74) is 0. The van der Waals surface area contributed by atoms with Crippen molar-refractivity contribution >= 4 is 24.0 Å². The van der Waals surface area contributed by atoms with E-state index >= 15 is 0 Å². The van der Waals surface area contributed by atoms with Crippen LogP contribution in [0.25, 0.3) is 0 Å². The van der Waals surface area contributed by atoms with E-state index in [0.29, 0.717) is 45.6 Å². The number of hydrogen-bond donors (Lipinski definition) is 2. The van der Waals surface area contributed by atoms with Crippen molar-refractivity contribution in [3.05, 3.63) is 0 Å². The van der Waals surface area contributed by atoms with Crippen LogP contribution in [-0.4, -0.2) is 80.5 Å². The van der Waals surface area contributed by atoms with Crippen LogP contribution in [0.5, 0.6) is 0 Å². The third-order valence-electron chi connectivity index (χ3n) is 7.32. The number of nitrogens with zero attached hydrogens (tertiary/aromatic N) is 1. The lowest BCUT2D eigenvalue weighted by Crippen LogP contribution is -2.37. The van der Waals surface area contributed by atoms with Crippen LogP contribution in [0, 0.1) is 11.8 Å². The molecule has 0 bridgehead atoms. The van der Waals surface area contributed by atoms with Crippen LogP contribution >= 0.6 is 0 Å². The van der Waals surface area contributed by atoms with Gasteiger partial charge in [-0.05, 0) is 57.8 Å². The minimum atomic E-state index is -0.250. The van der Waals surface area contributed by atoms with Gasteiger partial charge in [0.05, 0.1) is 24.7 Å². The van der Waals surface area contributed by atoms with Crippen molar-refractivity contribution in [2.24, 2.45) is 11.8 Å². The van der Waals surface area contributed by atoms with Crippen LogP contribution in [0.15, 0.2) is 0 Å². The first-order valence-electron chi connectivity index (χ1n) is 12.9. The molecule has 1 unspecified atom stereocenters. The van der Waals surface area contributed by atoms with E-state index in [9.17, 15) is 19.2 Å². The molecule has 0 radical (unpaired) electrons. The molecule has 3 rings (SSSR count). The van der Waals surface area contributed by atoms with Gasteiger partial charge in [-0.1, -0.05) is 0 Å². The monoisotopic (exact) mass is 479 g/mol. The van der Waals surface area contributed by atoms with Gasteiger partial charge in [0, 0.05) is 51.5 Å². The van der Waals surface area contributed by atoms with Crippen LogP contribution in [-0.2, 0) is 28.7 Å². The van der Waals surface area contributed by atoms with Crippen LogP contribution in [0.3, 0.4) is 0 Å². The lowest BCUT2D eigenvalue weighted by Gasteiger charge is -2.29. The Balaban J connectivity index is 1.16. The smallest absolute Gasteiger partial charge is 0.225 e. The molecule has 34 heavy (non-hydrogen) atoms. The Labute approximate surface area is 202 Å². The Hall–Kier alpha value is -2.00. The lowest BCUT2D eigenvalue weighted by molar-refractivity contribution is -0.128. The number of nitrogens with one attached hydrogen (secondary N) is 2. The first kappa shape index (κ1) is 26.6. The van der Waals surface area contributed by atoms with Crippen LogP contribution in [0.2, 0.25) is 0 Å². The van der Waals surface area contributed by atoms with Gasteiger partial charge in [-0.15, -0.1) is 0 Å². The molecule has 192 valence electrons. The van der Waals surface area contributed by atoms with Crippen molar-refractivity contribution < 1.29 is 28.7 Å². The van der Waals surface area contributed by atoms with Gasteiger partial charge in [0.1, 0.15) is 6.29 Å². The van der Waals surface area contributed by atoms with E-state index in [1.54, 1.807) is 11.9 Å². The Bertz CT molecular complexity index is 686. The van der Waals surface area contributed by atoms with E-state index < -0.39 is 0 Å². The van der Waals surface area contributed by atoms with Crippen molar-refractivity contribution in [1.29, 1.82) is 0 Å². The Kier molecular flexibility index (Phi) is 10.8. The standard InChI is InChI=1S/C25H41N3O6/c1-28-16-19(15-24(28)31)25(32)26-12-14-34-22-10-8-21(9-11-22)33-13-2-3-23(30)27-20-6-4-18(17-29)5-7-20/h17-22H,2-16H2,1H3,(H,26,32)(H,27,30). The highest BCUT2D eigenvalue weighted by molar-refractivity contribution is 5.89. The van der Waals surface area contributed by atoms with Gasteiger partial charge in [0.15, 0.2) is 0 Å². The predicted molar refractivity (Wildman–Crippen MR) is 126 cm³/mol. The lowest BCUT2D eigenvalue weighted by atomic mass is 9.87. The molecule has 3 amide bonds. The van der Waals surface area contributed by atoms with Crippen molar-refractivity contribution in [3.63, 3.8) is 0 Å². The van der Waals surface area contributed by atoms with E-state index in [4.69, 9.17) is 9.47 Å². The fraction of sp³-hybridized carbons (Fsp3) is 0.840. The quantitative estimate of drug-likeness (QED) is 0.325. The third-order valence-corrected chi connectivity index (χ3v) is 7.32. The van der Waals surface area contributed by atoms with Crippen molar-refractivity contribution in [1.82, 2.24) is 15.5 Å². The van der Waals surface area contributed by atoms with Crippen molar-refractivity contribution in [3.8, 4) is 0 Å². The van der Waals surface area contributed by atoms with Crippen molar-refractivity contribution in [2.45, 2.75) is 88.9 Å². The van der Waals surface area contributed by atoms with E-state index in [1.165, 1.54) is 0 Å². The highest BCUT2D eigenvalue weighted by Gasteiger charge is 2.32. The van der Waals surface area contributed by atoms with Gasteiger partial charge in [0.2, 0.25) is 17.7 Å². The second-order valence-corrected chi connectivity index (χ2v) is 10.0. The average Bonchev–Trinajstić information content (AvgIpc) is 3.19. The molecule has 9 nitrogen and oxygen atoms in total. The number of carbonyl (C=O) groups excluding carboxylic acids is 4. The molecule has 2 saturated carbocycles. The summed E-state index contributed by atoms with van der Waals surface area (Å²) >= 11 is 0. The average molecular weight is 480 g/mol. The number of rotatable bonds is 12. The number of aldehydes is 1. The van der Waals surface area contributed by atoms with Crippen molar-refractivity contribution in [2.75, 3.05) is 33.4 Å². The summed E-state index contributed by atoms with van der Waals surface area (Å²) in [6, 6.07) is 0.210. The summed E-state index contributed by atoms with van der Waals surface area (Å²) in [4.78, 5) is 48.2. The Morgan fingerprint density at radius 3 is 2.24 bits per heavy atom. The number of hydrogen-bond acceptors (Lipinski definition) is 6. The molecule has 0 aromatic carbocycles. The Morgan fingerprint density at radius 1 is 1.00 bits per heavy atom. The van der Waals surface area contributed by atoms with Gasteiger partial charge in [0.25, 0.3) is 0 Å². The third kappa shape index (κ3) is 8.65. The number of ether oxygens (including phenoxy) is 2. The van der Waals surface area contributed by atoms with E-state index in [-0.39, 0.29) is 47.8 Å². The minimum Gasteiger partial charge on any atom is -0.378 e. The molecule has 1 atom stereocenters. The zero-order chi connectivity index (χ0) is 24.3. The molecule has 2 N–H and O–H groups in total. The molecular formula is C25H41N3O6. The molecule has 1 heterocycles. The fourth-order valence-corrected chi connectivity index (χ4v) is 5.13. The normalized spacial score (nSPS) is 29.6. The second kappa shape index (κ2) is 13.8. The molecule has 0 spiro atoms. The second-order valence-electron chi connectivity index (χ2n) is 10.0. The molecule has 3 aliphatic rings. The first-order valence-corrected chi connectivity index (χ1v) is 12.9. The molecule has 0 aromatic rings. The number of amides is 3. The Morgan fingerprint density at radius 2 is 1.65 bits per heavy atom. The molecule has 1 saturated heterocycles. The minimum absolute atomic E-state index is 0.0211. The van der Waals surface area contributed by atoms with Gasteiger partial charge in [-0.2, -0.15) is 0 Å². The summed E-state index contributed by atoms with van der Waals surface area (Å²) in [6.07, 6.45) is 10.2. The zero-order valence-corrected chi connectivity index (χ0v) is 20.5. The topological polar surface area (TPSA) is 114 Å². The molecule has 0 aromatic heterocycles. The molecule has 3 fully saturated rings. The maximum absolute atomic E-state index is 12.1. The SMILES string of the molecule is CN1CC(C(=O)NCCOC2CCC(OCCCC(=O)NC3CCC(C=O)CC3)CC2)CC1=O. The number of carbonyl (C=O) groups is 4. The van der Waals surface area contributed by atoms with Gasteiger partial charge >= 0.3 is 0 Å². The largest absolute Gasteiger partial charge is 0.378 e. The van der Waals surface area contributed by atoms with Crippen LogP contribution < -0.4 is 10.6 Å². The molecule has 2 aliphatic carbocycles. The van der Waals surface area contributed by atoms with E-state index in [0.717, 1.165) is 57.7 Å². The van der Waals surface area contributed by atoms with Crippen LogP contribution in [0.1, 0.15) is 70.6 Å². The highest BCUT2D eigenvalue weighted by Crippen LogP contribution is 2.24. The van der Waals surface area contributed by atoms with Gasteiger partial charge < -0.3 is 29.8 Å². The van der Waals surface area contributed by atoms with E-state index in [1.807, 2.05) is 0 Å². The van der Waals surface area contributed by atoms with Gasteiger partial charge in [-0.3, -0.25) is 14.4 Å². The molecule has 1 aliphatic heterocycles. The molecule has 9 heteroatoms. The predicted octanol–water partition coefficient (Wildman–Crippen LogP) is 1.58. The highest BCUT2D eigenvalue weighted by atomic mass is 16.5. The summed E-state index contributed by atoms with van der Waals surface area (Å²) in [7, 11) is 1.72. The summed E-state index contributed by atoms with van der Waals surface area (Å²) < 4.78 is 11.9. The summed E-state index contributed by atoms with van der Waals surface area (Å²) in [5, 5.41) is 5.96. The maximum Gasteiger partial charge on any atom is 0.225 e. The first-order chi connectivity index (χ1) is 16.4. The summed E-state index contributed by atoms with van der Waals surface area (Å²) in [5.74, 6) is -0.0567. The molecular weight excluding hydrogens is 438 g/mol. The fourth-order valence-electron chi connectivity index (χ4n) is 5.13. The van der Waals surface area contributed by atoms with Crippen LogP contribution in [0.4, 0.5) is 0 Å². The summed E-state index contributed by atoms with van der Waals surface area (Å²) in [6.45, 7) is 2.02. The van der Waals surface area contributed by atoms with E-state index in [2.05, 4.69) is 10.6 Å².